The fourth-order valence-corrected chi connectivity index (χ4v) is 3.51. The van der Waals surface area contributed by atoms with Crippen molar-refractivity contribution < 1.29 is 4.74 Å². The summed E-state index contributed by atoms with van der Waals surface area (Å²) in [4.78, 5) is 0. The van der Waals surface area contributed by atoms with Gasteiger partial charge in [-0.15, -0.1) is 0 Å². The molecule has 0 radical (unpaired) electrons. The topological polar surface area (TPSA) is 21.3 Å². The lowest BCUT2D eigenvalue weighted by molar-refractivity contribution is 0.139. The average Bonchev–Trinajstić information content (AvgIpc) is 2.69. The van der Waals surface area contributed by atoms with E-state index in [0.717, 1.165) is 25.2 Å². The molecule has 0 aliphatic carbocycles. The van der Waals surface area contributed by atoms with E-state index >= 15 is 0 Å². The molecule has 2 unspecified atom stereocenters. The van der Waals surface area contributed by atoms with Crippen molar-refractivity contribution in [2.75, 3.05) is 31.3 Å². The van der Waals surface area contributed by atoms with Crippen LogP contribution in [0.4, 0.5) is 0 Å². The third kappa shape index (κ3) is 5.23. The molecule has 2 nitrogen and oxygen atoms in total. The maximum absolute atomic E-state index is 5.38. The van der Waals surface area contributed by atoms with Gasteiger partial charge in [-0.3, -0.25) is 0 Å². The van der Waals surface area contributed by atoms with E-state index in [1.54, 1.807) is 0 Å². The van der Waals surface area contributed by atoms with Gasteiger partial charge in [-0.25, -0.2) is 0 Å². The highest BCUT2D eigenvalue weighted by Gasteiger charge is 2.26. The monoisotopic (exact) mass is 231 g/mol. The lowest BCUT2D eigenvalue weighted by Crippen LogP contribution is -2.35. The molecule has 0 aromatic rings. The second-order valence-corrected chi connectivity index (χ2v) is 5.27. The molecule has 0 bridgehead atoms. The molecular formula is C12H25NOS. The second-order valence-electron chi connectivity index (χ2n) is 4.20. The lowest BCUT2D eigenvalue weighted by Gasteiger charge is -2.19. The van der Waals surface area contributed by atoms with Crippen LogP contribution in [0.5, 0.6) is 0 Å². The Hall–Kier alpha value is 0.270. The SMILES string of the molecule is CCCNC1CSCC1CCCOCC. The van der Waals surface area contributed by atoms with Crippen LogP contribution >= 0.6 is 11.8 Å². The highest BCUT2D eigenvalue weighted by Crippen LogP contribution is 2.27. The molecule has 15 heavy (non-hydrogen) atoms. The van der Waals surface area contributed by atoms with Gasteiger partial charge in [-0.05, 0) is 44.4 Å². The molecule has 1 fully saturated rings. The zero-order valence-electron chi connectivity index (χ0n) is 10.1. The summed E-state index contributed by atoms with van der Waals surface area (Å²) < 4.78 is 5.38. The molecule has 1 saturated heterocycles. The van der Waals surface area contributed by atoms with E-state index in [1.165, 1.54) is 37.3 Å². The van der Waals surface area contributed by atoms with E-state index in [4.69, 9.17) is 4.74 Å². The van der Waals surface area contributed by atoms with Crippen LogP contribution in [0.2, 0.25) is 0 Å². The normalized spacial score (nSPS) is 26.0. The van der Waals surface area contributed by atoms with Gasteiger partial charge in [-0.1, -0.05) is 6.92 Å². The van der Waals surface area contributed by atoms with Crippen LogP contribution in [0, 0.1) is 5.92 Å². The van der Waals surface area contributed by atoms with E-state index in [-0.39, 0.29) is 0 Å². The van der Waals surface area contributed by atoms with Gasteiger partial charge in [-0.2, -0.15) is 11.8 Å². The molecule has 1 heterocycles. The summed E-state index contributed by atoms with van der Waals surface area (Å²) in [6, 6.07) is 0.761. The summed E-state index contributed by atoms with van der Waals surface area (Å²) >= 11 is 2.10. The molecule has 0 aromatic heterocycles. The van der Waals surface area contributed by atoms with Crippen molar-refractivity contribution in [3.05, 3.63) is 0 Å². The van der Waals surface area contributed by atoms with Crippen LogP contribution < -0.4 is 5.32 Å². The number of thioether (sulfide) groups is 1. The Morgan fingerprint density at radius 1 is 1.33 bits per heavy atom. The van der Waals surface area contributed by atoms with Crippen molar-refractivity contribution in [3.63, 3.8) is 0 Å². The first-order valence-electron chi connectivity index (χ1n) is 6.27. The smallest absolute Gasteiger partial charge is 0.0466 e. The molecule has 3 heteroatoms. The van der Waals surface area contributed by atoms with Crippen LogP contribution in [0.15, 0.2) is 0 Å². The summed E-state index contributed by atoms with van der Waals surface area (Å²) in [5.41, 5.74) is 0. The lowest BCUT2D eigenvalue weighted by atomic mass is 9.98. The fourth-order valence-electron chi connectivity index (χ4n) is 2.03. The molecule has 0 saturated carbocycles. The van der Waals surface area contributed by atoms with Crippen LogP contribution in [0.25, 0.3) is 0 Å². The molecule has 90 valence electrons. The Bertz CT molecular complexity index is 155. The van der Waals surface area contributed by atoms with Crippen LogP contribution in [0.1, 0.15) is 33.1 Å². The van der Waals surface area contributed by atoms with Gasteiger partial charge in [0, 0.05) is 25.0 Å². The largest absolute Gasteiger partial charge is 0.382 e. The van der Waals surface area contributed by atoms with Gasteiger partial charge < -0.3 is 10.1 Å². The Morgan fingerprint density at radius 2 is 2.20 bits per heavy atom. The summed E-state index contributed by atoms with van der Waals surface area (Å²) in [7, 11) is 0. The first-order valence-corrected chi connectivity index (χ1v) is 7.42. The minimum Gasteiger partial charge on any atom is -0.382 e. The summed E-state index contributed by atoms with van der Waals surface area (Å²) in [5, 5.41) is 3.66. The molecule has 1 rings (SSSR count). The number of rotatable bonds is 8. The highest BCUT2D eigenvalue weighted by molar-refractivity contribution is 7.99. The number of hydrogen-bond donors (Lipinski definition) is 1. The summed E-state index contributed by atoms with van der Waals surface area (Å²) in [6.45, 7) is 7.28. The Morgan fingerprint density at radius 3 is 2.93 bits per heavy atom. The van der Waals surface area contributed by atoms with Crippen molar-refractivity contribution in [3.8, 4) is 0 Å². The maximum Gasteiger partial charge on any atom is 0.0466 e. The van der Waals surface area contributed by atoms with E-state index < -0.39 is 0 Å². The van der Waals surface area contributed by atoms with Gasteiger partial charge in [0.05, 0.1) is 0 Å². The standard InChI is InChI=1S/C12H25NOS/c1-3-7-13-12-10-15-9-11(12)6-5-8-14-4-2/h11-13H,3-10H2,1-2H3. The van der Waals surface area contributed by atoms with Crippen molar-refractivity contribution in [2.45, 2.75) is 39.2 Å². The minimum atomic E-state index is 0.761. The van der Waals surface area contributed by atoms with Crippen molar-refractivity contribution in [1.82, 2.24) is 5.32 Å². The molecule has 1 aliphatic rings. The van der Waals surface area contributed by atoms with Gasteiger partial charge in [0.2, 0.25) is 0 Å². The number of hydrogen-bond acceptors (Lipinski definition) is 3. The zero-order chi connectivity index (χ0) is 10.9. The van der Waals surface area contributed by atoms with Crippen LogP contribution in [-0.4, -0.2) is 37.3 Å². The predicted molar refractivity (Wildman–Crippen MR) is 68.6 cm³/mol. The van der Waals surface area contributed by atoms with E-state index in [1.807, 2.05) is 0 Å². The van der Waals surface area contributed by atoms with E-state index in [9.17, 15) is 0 Å². The maximum atomic E-state index is 5.38. The molecule has 2 atom stereocenters. The first kappa shape index (κ1) is 13.3. The van der Waals surface area contributed by atoms with Gasteiger partial charge in [0.15, 0.2) is 0 Å². The third-order valence-electron chi connectivity index (χ3n) is 2.92. The van der Waals surface area contributed by atoms with Gasteiger partial charge >= 0.3 is 0 Å². The molecule has 0 spiro atoms. The van der Waals surface area contributed by atoms with E-state index in [2.05, 4.69) is 30.9 Å². The average molecular weight is 231 g/mol. The fraction of sp³-hybridized carbons (Fsp3) is 1.00. The van der Waals surface area contributed by atoms with Gasteiger partial charge in [0.1, 0.15) is 0 Å². The molecule has 0 amide bonds. The quantitative estimate of drug-likeness (QED) is 0.649. The molecule has 1 N–H and O–H groups in total. The highest BCUT2D eigenvalue weighted by atomic mass is 32.2. The molecule has 0 aromatic carbocycles. The predicted octanol–water partition coefficient (Wildman–Crippen LogP) is 2.53. The summed E-state index contributed by atoms with van der Waals surface area (Å²) in [5.74, 6) is 3.52. The van der Waals surface area contributed by atoms with Crippen molar-refractivity contribution in [2.24, 2.45) is 5.92 Å². The van der Waals surface area contributed by atoms with Crippen LogP contribution in [-0.2, 0) is 4.74 Å². The Balaban J connectivity index is 2.09. The number of nitrogens with one attached hydrogen (secondary N) is 1. The Labute approximate surface area is 98.5 Å². The first-order chi connectivity index (χ1) is 7.38. The molecular weight excluding hydrogens is 206 g/mol. The van der Waals surface area contributed by atoms with Crippen molar-refractivity contribution in [1.29, 1.82) is 0 Å². The Kier molecular flexibility index (Phi) is 7.49. The number of ether oxygens (including phenoxy) is 1. The minimum absolute atomic E-state index is 0.761. The summed E-state index contributed by atoms with van der Waals surface area (Å²) in [6.07, 6.45) is 3.80. The van der Waals surface area contributed by atoms with E-state index in [0.29, 0.717) is 0 Å². The van der Waals surface area contributed by atoms with Gasteiger partial charge in [0.25, 0.3) is 0 Å². The molecule has 1 aliphatic heterocycles. The van der Waals surface area contributed by atoms with Crippen LogP contribution in [0.3, 0.4) is 0 Å². The zero-order valence-corrected chi connectivity index (χ0v) is 10.9. The second kappa shape index (κ2) is 8.43. The third-order valence-corrected chi connectivity index (χ3v) is 4.18. The van der Waals surface area contributed by atoms with Crippen molar-refractivity contribution >= 4 is 11.8 Å².